The van der Waals surface area contributed by atoms with Gasteiger partial charge in [0.05, 0.1) is 5.75 Å². The van der Waals surface area contributed by atoms with E-state index in [1.807, 2.05) is 0 Å². The number of ether oxygens (including phenoxy) is 2. The average Bonchev–Trinajstić information content (AvgIpc) is 2.26. The molecule has 1 atom stereocenters. The summed E-state index contributed by atoms with van der Waals surface area (Å²) in [5.41, 5.74) is 0.663. The first-order valence-electron chi connectivity index (χ1n) is 5.35. The van der Waals surface area contributed by atoms with Crippen molar-refractivity contribution in [1.82, 2.24) is 0 Å². The van der Waals surface area contributed by atoms with Gasteiger partial charge in [-0.25, -0.2) is 12.8 Å². The van der Waals surface area contributed by atoms with Gasteiger partial charge in [-0.15, -0.1) is 0 Å². The first-order chi connectivity index (χ1) is 8.37. The minimum absolute atomic E-state index is 0.321. The Bertz CT molecular complexity index is 556. The summed E-state index contributed by atoms with van der Waals surface area (Å²) in [6, 6.07) is 2.96. The van der Waals surface area contributed by atoms with Gasteiger partial charge in [0.2, 0.25) is 9.05 Å². The second-order valence-corrected chi connectivity index (χ2v) is 6.78. The number of rotatable bonds is 3. The van der Waals surface area contributed by atoms with E-state index in [1.54, 1.807) is 0 Å². The summed E-state index contributed by atoms with van der Waals surface area (Å²) >= 11 is 0. The number of halogens is 2. The first-order valence-corrected chi connectivity index (χ1v) is 7.83. The van der Waals surface area contributed by atoms with E-state index in [-0.39, 0.29) is 0 Å². The van der Waals surface area contributed by atoms with Crippen LogP contribution in [0.1, 0.15) is 24.2 Å². The summed E-state index contributed by atoms with van der Waals surface area (Å²) < 4.78 is 46.3. The van der Waals surface area contributed by atoms with Gasteiger partial charge in [0.1, 0.15) is 19.4 Å². The molecule has 0 saturated carbocycles. The maximum absolute atomic E-state index is 13.3. The van der Waals surface area contributed by atoms with Crippen LogP contribution in [0.25, 0.3) is 0 Å². The van der Waals surface area contributed by atoms with Gasteiger partial charge >= 0.3 is 0 Å². The lowest BCUT2D eigenvalue weighted by atomic mass is 10.1. The summed E-state index contributed by atoms with van der Waals surface area (Å²) in [7, 11) is 1.49. The molecule has 1 aromatic rings. The molecule has 1 aromatic carbocycles. The van der Waals surface area contributed by atoms with Gasteiger partial charge in [-0.3, -0.25) is 0 Å². The van der Waals surface area contributed by atoms with Gasteiger partial charge in [-0.2, -0.15) is 0 Å². The largest absolute Gasteiger partial charge is 0.486 e. The number of fused-ring (bicyclic) bond motifs is 1. The molecule has 0 aliphatic carbocycles. The molecule has 4 nitrogen and oxygen atoms in total. The molecule has 0 amide bonds. The van der Waals surface area contributed by atoms with Crippen molar-refractivity contribution in [3.05, 3.63) is 23.3 Å². The van der Waals surface area contributed by atoms with Gasteiger partial charge in [0, 0.05) is 16.2 Å². The van der Waals surface area contributed by atoms with Crippen LogP contribution in [0.3, 0.4) is 0 Å². The third-order valence-corrected chi connectivity index (χ3v) is 3.51. The standard InChI is InChI=1S/C11H12ClFO4S/c1-7(13)8-4-9(6-18(12,14)15)11-10(5-8)16-2-3-17-11/h4-5,7H,2-3,6H2,1H3. The molecule has 0 saturated heterocycles. The molecule has 0 bridgehead atoms. The summed E-state index contributed by atoms with van der Waals surface area (Å²) in [6.45, 7) is 2.04. The van der Waals surface area contributed by atoms with E-state index in [9.17, 15) is 12.8 Å². The number of benzene rings is 1. The Morgan fingerprint density at radius 1 is 1.39 bits per heavy atom. The molecule has 0 fully saturated rings. The zero-order valence-electron chi connectivity index (χ0n) is 9.65. The minimum atomic E-state index is -3.74. The minimum Gasteiger partial charge on any atom is -0.486 e. The van der Waals surface area contributed by atoms with Crippen molar-refractivity contribution in [3.8, 4) is 11.5 Å². The van der Waals surface area contributed by atoms with Crippen LogP contribution in [0.15, 0.2) is 12.1 Å². The monoisotopic (exact) mass is 294 g/mol. The van der Waals surface area contributed by atoms with E-state index in [0.717, 1.165) is 0 Å². The topological polar surface area (TPSA) is 52.6 Å². The highest BCUT2D eigenvalue weighted by Gasteiger charge is 2.22. The summed E-state index contributed by atoms with van der Waals surface area (Å²) in [5, 5.41) is 0. The predicted molar refractivity (Wildman–Crippen MR) is 65.4 cm³/mol. The van der Waals surface area contributed by atoms with Gasteiger partial charge < -0.3 is 9.47 Å². The lowest BCUT2D eigenvalue weighted by Gasteiger charge is -2.22. The van der Waals surface area contributed by atoms with Crippen LogP contribution in [-0.4, -0.2) is 21.6 Å². The van der Waals surface area contributed by atoms with Crippen LogP contribution in [0, 0.1) is 0 Å². The number of hydrogen-bond acceptors (Lipinski definition) is 4. The van der Waals surface area contributed by atoms with Crippen molar-refractivity contribution < 1.29 is 22.3 Å². The normalized spacial score (nSPS) is 16.4. The van der Waals surface area contributed by atoms with Crippen molar-refractivity contribution >= 4 is 19.7 Å². The molecule has 2 rings (SSSR count). The Labute approximate surface area is 109 Å². The second kappa shape index (κ2) is 4.93. The van der Waals surface area contributed by atoms with Crippen LogP contribution in [0.2, 0.25) is 0 Å². The smallest absolute Gasteiger partial charge is 0.236 e. The van der Waals surface area contributed by atoms with Crippen LogP contribution in [-0.2, 0) is 14.8 Å². The van der Waals surface area contributed by atoms with Crippen LogP contribution in [0.5, 0.6) is 11.5 Å². The highest BCUT2D eigenvalue weighted by molar-refractivity contribution is 8.13. The highest BCUT2D eigenvalue weighted by atomic mass is 35.7. The molecule has 0 radical (unpaired) electrons. The van der Waals surface area contributed by atoms with Crippen molar-refractivity contribution in [2.24, 2.45) is 0 Å². The molecule has 7 heteroatoms. The number of alkyl halides is 1. The number of hydrogen-bond donors (Lipinski definition) is 0. The molecule has 0 N–H and O–H groups in total. The van der Waals surface area contributed by atoms with E-state index in [1.165, 1.54) is 19.1 Å². The Morgan fingerprint density at radius 3 is 2.67 bits per heavy atom. The molecule has 1 heterocycles. The molecule has 0 spiro atoms. The zero-order chi connectivity index (χ0) is 13.3. The maximum Gasteiger partial charge on any atom is 0.236 e. The molecule has 1 aliphatic rings. The van der Waals surface area contributed by atoms with E-state index < -0.39 is 21.0 Å². The van der Waals surface area contributed by atoms with Gasteiger partial charge in [0.15, 0.2) is 11.5 Å². The molecular weight excluding hydrogens is 283 g/mol. The maximum atomic E-state index is 13.3. The molecular formula is C11H12ClFO4S. The van der Waals surface area contributed by atoms with Crippen LogP contribution in [0.4, 0.5) is 4.39 Å². The van der Waals surface area contributed by atoms with Crippen molar-refractivity contribution in [2.75, 3.05) is 13.2 Å². The Morgan fingerprint density at radius 2 is 2.06 bits per heavy atom. The highest BCUT2D eigenvalue weighted by Crippen LogP contribution is 2.38. The second-order valence-electron chi connectivity index (χ2n) is 4.00. The van der Waals surface area contributed by atoms with Gasteiger partial charge in [0.25, 0.3) is 0 Å². The van der Waals surface area contributed by atoms with Gasteiger partial charge in [-0.1, -0.05) is 0 Å². The molecule has 100 valence electrons. The van der Waals surface area contributed by atoms with E-state index in [4.69, 9.17) is 20.2 Å². The van der Waals surface area contributed by atoms with E-state index >= 15 is 0 Å². The van der Waals surface area contributed by atoms with Crippen LogP contribution < -0.4 is 9.47 Å². The predicted octanol–water partition coefficient (Wildman–Crippen LogP) is 2.56. The third kappa shape index (κ3) is 3.05. The summed E-state index contributed by atoms with van der Waals surface area (Å²) in [5.74, 6) is 0.273. The summed E-state index contributed by atoms with van der Waals surface area (Å²) in [6.07, 6.45) is -1.22. The van der Waals surface area contributed by atoms with Crippen molar-refractivity contribution in [3.63, 3.8) is 0 Å². The lowest BCUT2D eigenvalue weighted by Crippen LogP contribution is -2.17. The fraction of sp³-hybridized carbons (Fsp3) is 0.455. The van der Waals surface area contributed by atoms with E-state index in [0.29, 0.717) is 35.8 Å². The Balaban J connectivity index is 2.51. The molecule has 1 unspecified atom stereocenters. The summed E-state index contributed by atoms with van der Waals surface area (Å²) in [4.78, 5) is 0. The fourth-order valence-corrected chi connectivity index (χ4v) is 2.71. The molecule has 18 heavy (non-hydrogen) atoms. The van der Waals surface area contributed by atoms with Gasteiger partial charge in [-0.05, 0) is 24.6 Å². The molecule has 0 aromatic heterocycles. The molecule has 1 aliphatic heterocycles. The third-order valence-electron chi connectivity index (χ3n) is 2.53. The van der Waals surface area contributed by atoms with Crippen LogP contribution >= 0.6 is 10.7 Å². The van der Waals surface area contributed by atoms with Crippen molar-refractivity contribution in [2.45, 2.75) is 18.8 Å². The van der Waals surface area contributed by atoms with Crippen molar-refractivity contribution in [1.29, 1.82) is 0 Å². The quantitative estimate of drug-likeness (QED) is 0.804. The zero-order valence-corrected chi connectivity index (χ0v) is 11.2. The first kappa shape index (κ1) is 13.4. The SMILES string of the molecule is CC(F)c1cc(CS(=O)(=O)Cl)c2c(c1)OCCO2. The van der Waals surface area contributed by atoms with E-state index in [2.05, 4.69) is 0 Å². The lowest BCUT2D eigenvalue weighted by molar-refractivity contribution is 0.169. The fourth-order valence-electron chi connectivity index (χ4n) is 1.77. The Hall–Kier alpha value is -1.01. The Kier molecular flexibility index (Phi) is 3.68. The average molecular weight is 295 g/mol.